The topological polar surface area (TPSA) is 44.9 Å². The van der Waals surface area contributed by atoms with Gasteiger partial charge in [-0.15, -0.1) is 11.8 Å². The molecule has 2 aromatic carbocycles. The number of ether oxygens (including phenoxy) is 1. The smallest absolute Gasteiger partial charge is 0.143 e. The van der Waals surface area contributed by atoms with Crippen molar-refractivity contribution in [3.05, 3.63) is 77.3 Å². The third-order valence-corrected chi connectivity index (χ3v) is 5.63. The van der Waals surface area contributed by atoms with Gasteiger partial charge in [-0.1, -0.05) is 40.2 Å². The van der Waals surface area contributed by atoms with Crippen molar-refractivity contribution < 1.29 is 4.74 Å². The summed E-state index contributed by atoms with van der Waals surface area (Å²) in [5.41, 5.74) is 4.28. The van der Waals surface area contributed by atoms with E-state index in [1.807, 2.05) is 41.5 Å². The summed E-state index contributed by atoms with van der Waals surface area (Å²) in [5.74, 6) is 0.816. The van der Waals surface area contributed by atoms with Crippen molar-refractivity contribution in [2.24, 2.45) is 0 Å². The number of imidazole rings is 1. The Morgan fingerprint density at radius 3 is 2.64 bits per heavy atom. The molecule has 4 rings (SSSR count). The van der Waals surface area contributed by atoms with Crippen LogP contribution in [-0.4, -0.2) is 32.7 Å². The average molecular weight is 455 g/mol. The first-order valence-corrected chi connectivity index (χ1v) is 10.7. The molecular formula is C21H19BrN4OS. The summed E-state index contributed by atoms with van der Waals surface area (Å²) >= 11 is 5.13. The van der Waals surface area contributed by atoms with Crippen molar-refractivity contribution in [3.8, 4) is 22.7 Å². The standard InChI is InChI=1S/C21H19BrN4OS/c1-27-18-5-3-4-16(12-18)19-20(25-11-10-23-14-25)21(28-2)24-26(19)13-15-6-8-17(22)9-7-15/h3-12,14H,13H2,1-2H3. The molecule has 0 aliphatic carbocycles. The van der Waals surface area contributed by atoms with E-state index in [1.54, 1.807) is 25.1 Å². The summed E-state index contributed by atoms with van der Waals surface area (Å²) in [7, 11) is 1.68. The second-order valence-corrected chi connectivity index (χ2v) is 7.90. The summed E-state index contributed by atoms with van der Waals surface area (Å²) in [6, 6.07) is 16.4. The Morgan fingerprint density at radius 2 is 1.96 bits per heavy atom. The van der Waals surface area contributed by atoms with E-state index in [2.05, 4.69) is 55.9 Å². The molecule has 0 spiro atoms. The maximum atomic E-state index is 5.45. The van der Waals surface area contributed by atoms with Crippen LogP contribution in [0.2, 0.25) is 0 Å². The zero-order valence-corrected chi connectivity index (χ0v) is 17.9. The Kier molecular flexibility index (Phi) is 5.54. The minimum atomic E-state index is 0.669. The number of benzene rings is 2. The Labute approximate surface area is 176 Å². The van der Waals surface area contributed by atoms with Gasteiger partial charge in [-0.2, -0.15) is 5.10 Å². The summed E-state index contributed by atoms with van der Waals surface area (Å²) in [4.78, 5) is 4.23. The second kappa shape index (κ2) is 8.24. The SMILES string of the molecule is COc1cccc(-c2c(-n3ccnc3)c(SC)nn2Cc2ccc(Br)cc2)c1. The zero-order valence-electron chi connectivity index (χ0n) is 15.5. The Morgan fingerprint density at radius 1 is 1.14 bits per heavy atom. The van der Waals surface area contributed by atoms with Crippen molar-refractivity contribution in [3.63, 3.8) is 0 Å². The molecule has 0 amide bonds. The third kappa shape index (κ3) is 3.72. The monoisotopic (exact) mass is 454 g/mol. The maximum Gasteiger partial charge on any atom is 0.143 e. The Hall–Kier alpha value is -2.51. The van der Waals surface area contributed by atoms with E-state index in [4.69, 9.17) is 9.84 Å². The van der Waals surface area contributed by atoms with Crippen molar-refractivity contribution >= 4 is 27.7 Å². The van der Waals surface area contributed by atoms with Crippen LogP contribution in [0, 0.1) is 0 Å². The van der Waals surface area contributed by atoms with Gasteiger partial charge in [-0.25, -0.2) is 4.98 Å². The molecule has 0 fully saturated rings. The zero-order chi connectivity index (χ0) is 19.5. The second-order valence-electron chi connectivity index (χ2n) is 6.19. The highest BCUT2D eigenvalue weighted by molar-refractivity contribution is 9.10. The first kappa shape index (κ1) is 18.8. The van der Waals surface area contributed by atoms with Crippen molar-refractivity contribution in [2.45, 2.75) is 11.6 Å². The van der Waals surface area contributed by atoms with E-state index < -0.39 is 0 Å². The van der Waals surface area contributed by atoms with Crippen LogP contribution in [0.15, 0.2) is 76.8 Å². The summed E-state index contributed by atoms with van der Waals surface area (Å²) in [6.45, 7) is 0.669. The predicted octanol–water partition coefficient (Wildman–Crippen LogP) is 5.28. The molecule has 0 saturated carbocycles. The van der Waals surface area contributed by atoms with E-state index >= 15 is 0 Å². The quantitative estimate of drug-likeness (QED) is 0.372. The number of hydrogen-bond acceptors (Lipinski definition) is 4. The van der Waals surface area contributed by atoms with Gasteiger partial charge in [0.25, 0.3) is 0 Å². The first-order chi connectivity index (χ1) is 13.7. The molecule has 28 heavy (non-hydrogen) atoms. The minimum absolute atomic E-state index is 0.669. The lowest BCUT2D eigenvalue weighted by atomic mass is 10.1. The molecule has 4 aromatic rings. The van der Waals surface area contributed by atoms with Crippen LogP contribution in [0.1, 0.15) is 5.56 Å². The summed E-state index contributed by atoms with van der Waals surface area (Å²) in [6.07, 6.45) is 7.59. The number of rotatable bonds is 6. The highest BCUT2D eigenvalue weighted by atomic mass is 79.9. The van der Waals surface area contributed by atoms with Gasteiger partial charge in [0.05, 0.1) is 25.7 Å². The molecule has 142 valence electrons. The summed E-state index contributed by atoms with van der Waals surface area (Å²) < 4.78 is 10.6. The number of thioether (sulfide) groups is 1. The van der Waals surface area contributed by atoms with E-state index in [9.17, 15) is 0 Å². The van der Waals surface area contributed by atoms with Crippen molar-refractivity contribution in [2.75, 3.05) is 13.4 Å². The van der Waals surface area contributed by atoms with Crippen LogP contribution >= 0.6 is 27.7 Å². The first-order valence-electron chi connectivity index (χ1n) is 8.71. The fourth-order valence-corrected chi connectivity index (χ4v) is 3.97. The van der Waals surface area contributed by atoms with Gasteiger partial charge in [0.2, 0.25) is 0 Å². The third-order valence-electron chi connectivity index (χ3n) is 4.44. The minimum Gasteiger partial charge on any atom is -0.497 e. The molecule has 0 atom stereocenters. The van der Waals surface area contributed by atoms with E-state index in [-0.39, 0.29) is 0 Å². The molecule has 5 nitrogen and oxygen atoms in total. The van der Waals surface area contributed by atoms with Crippen LogP contribution in [0.4, 0.5) is 0 Å². The molecule has 2 heterocycles. The largest absolute Gasteiger partial charge is 0.497 e. The van der Waals surface area contributed by atoms with Crippen LogP contribution in [0.3, 0.4) is 0 Å². The maximum absolute atomic E-state index is 5.45. The molecule has 0 aliphatic rings. The van der Waals surface area contributed by atoms with Gasteiger partial charge in [-0.3, -0.25) is 4.68 Å². The molecule has 0 N–H and O–H groups in total. The molecule has 0 unspecified atom stereocenters. The summed E-state index contributed by atoms with van der Waals surface area (Å²) in [5, 5.41) is 5.86. The average Bonchev–Trinajstić information content (AvgIpc) is 3.37. The number of nitrogens with zero attached hydrogens (tertiary/aromatic N) is 4. The molecule has 7 heteroatoms. The molecule has 2 aromatic heterocycles. The molecule has 0 bridgehead atoms. The lowest BCUT2D eigenvalue weighted by molar-refractivity contribution is 0.415. The number of hydrogen-bond donors (Lipinski definition) is 0. The van der Waals surface area contributed by atoms with Crippen LogP contribution in [0.5, 0.6) is 5.75 Å². The Balaban J connectivity index is 1.90. The van der Waals surface area contributed by atoms with E-state index in [1.165, 1.54) is 5.56 Å². The molecule has 0 saturated heterocycles. The predicted molar refractivity (Wildman–Crippen MR) is 116 cm³/mol. The highest BCUT2D eigenvalue weighted by Crippen LogP contribution is 2.35. The van der Waals surface area contributed by atoms with E-state index in [0.717, 1.165) is 32.2 Å². The fourth-order valence-electron chi connectivity index (χ4n) is 3.13. The van der Waals surface area contributed by atoms with Crippen molar-refractivity contribution in [1.82, 2.24) is 19.3 Å². The van der Waals surface area contributed by atoms with Gasteiger partial charge < -0.3 is 9.30 Å². The van der Waals surface area contributed by atoms with Gasteiger partial charge in [-0.05, 0) is 36.1 Å². The van der Waals surface area contributed by atoms with E-state index in [0.29, 0.717) is 6.54 Å². The number of methoxy groups -OCH3 is 1. The normalized spacial score (nSPS) is 11.0. The fraction of sp³-hybridized carbons (Fsp3) is 0.143. The van der Waals surface area contributed by atoms with Crippen LogP contribution in [-0.2, 0) is 6.54 Å². The van der Waals surface area contributed by atoms with Crippen LogP contribution in [0.25, 0.3) is 16.9 Å². The van der Waals surface area contributed by atoms with Gasteiger partial charge >= 0.3 is 0 Å². The molecule has 0 aliphatic heterocycles. The Bertz CT molecular complexity index is 1070. The number of aromatic nitrogens is 4. The van der Waals surface area contributed by atoms with Gasteiger partial charge in [0, 0.05) is 22.4 Å². The molecule has 0 radical (unpaired) electrons. The van der Waals surface area contributed by atoms with Gasteiger partial charge in [0.1, 0.15) is 16.5 Å². The lowest BCUT2D eigenvalue weighted by Gasteiger charge is -2.12. The van der Waals surface area contributed by atoms with Crippen molar-refractivity contribution in [1.29, 1.82) is 0 Å². The van der Waals surface area contributed by atoms with Crippen LogP contribution < -0.4 is 4.74 Å². The molecular weight excluding hydrogens is 436 g/mol. The van der Waals surface area contributed by atoms with Gasteiger partial charge in [0.15, 0.2) is 0 Å². The number of halogens is 1. The lowest BCUT2D eigenvalue weighted by Crippen LogP contribution is -2.05. The highest BCUT2D eigenvalue weighted by Gasteiger charge is 2.21.